The van der Waals surface area contributed by atoms with Crippen LogP contribution in [-0.4, -0.2) is 59.3 Å². The molecule has 1 fully saturated rings. The molecule has 0 bridgehead atoms. The molecule has 0 saturated carbocycles. The van der Waals surface area contributed by atoms with Gasteiger partial charge in [-0.3, -0.25) is 4.57 Å². The highest BCUT2D eigenvalue weighted by Gasteiger charge is 2.54. The Balaban J connectivity index is 2.03. The van der Waals surface area contributed by atoms with Gasteiger partial charge in [-0.05, 0) is 6.92 Å². The van der Waals surface area contributed by atoms with Gasteiger partial charge in [-0.15, -0.1) is 0 Å². The zero-order valence-corrected chi connectivity index (χ0v) is 12.3. The molecule has 9 heteroatoms. The van der Waals surface area contributed by atoms with Crippen molar-refractivity contribution in [3.63, 3.8) is 0 Å². The summed E-state index contributed by atoms with van der Waals surface area (Å²) in [6.45, 7) is 3.22. The zero-order valence-electron chi connectivity index (χ0n) is 12.3. The number of fused-ring (bicyclic) bond motifs is 1. The molecular formula is C13H19N5O4. The largest absolute Gasteiger partial charge is 0.396 e. The normalized spacial score (nSPS) is 33.4. The van der Waals surface area contributed by atoms with E-state index in [-0.39, 0.29) is 18.3 Å². The fourth-order valence-corrected chi connectivity index (χ4v) is 2.76. The minimum atomic E-state index is -1.19. The molecule has 3 heterocycles. The van der Waals surface area contributed by atoms with Crippen molar-refractivity contribution in [2.75, 3.05) is 12.3 Å². The van der Waals surface area contributed by atoms with E-state index in [2.05, 4.69) is 15.0 Å². The van der Waals surface area contributed by atoms with Gasteiger partial charge in [0.25, 0.3) is 0 Å². The lowest BCUT2D eigenvalue weighted by Gasteiger charge is -2.32. The van der Waals surface area contributed by atoms with E-state index in [0.717, 1.165) is 0 Å². The summed E-state index contributed by atoms with van der Waals surface area (Å²) in [6, 6.07) is 0. The van der Waals surface area contributed by atoms with E-state index >= 15 is 0 Å². The van der Waals surface area contributed by atoms with Crippen LogP contribution in [0, 0.1) is 5.92 Å². The first-order chi connectivity index (χ1) is 10.4. The van der Waals surface area contributed by atoms with Crippen molar-refractivity contribution in [1.29, 1.82) is 0 Å². The lowest BCUT2D eigenvalue weighted by atomic mass is 9.85. The smallest absolute Gasteiger partial charge is 0.167 e. The number of hydrogen-bond acceptors (Lipinski definition) is 8. The Morgan fingerprint density at radius 3 is 2.82 bits per heavy atom. The molecule has 5 atom stereocenters. The second-order valence-corrected chi connectivity index (χ2v) is 5.79. The van der Waals surface area contributed by atoms with Crippen molar-refractivity contribution in [3.05, 3.63) is 12.7 Å². The van der Waals surface area contributed by atoms with E-state index in [1.165, 1.54) is 17.2 Å². The van der Waals surface area contributed by atoms with Crippen LogP contribution in [-0.2, 0) is 4.74 Å². The molecule has 3 unspecified atom stereocenters. The highest BCUT2D eigenvalue weighted by atomic mass is 16.6. The summed E-state index contributed by atoms with van der Waals surface area (Å²) in [4.78, 5) is 12.1. The molecule has 0 spiro atoms. The molecule has 2 aromatic rings. The molecule has 5 N–H and O–H groups in total. The third-order valence-electron chi connectivity index (χ3n) is 4.49. The maximum absolute atomic E-state index is 10.4. The van der Waals surface area contributed by atoms with Crippen molar-refractivity contribution >= 4 is 17.0 Å². The van der Waals surface area contributed by atoms with Crippen LogP contribution in [0.1, 0.15) is 20.1 Å². The second kappa shape index (κ2) is 5.13. The van der Waals surface area contributed by atoms with E-state index in [1.807, 2.05) is 0 Å². The van der Waals surface area contributed by atoms with E-state index in [0.29, 0.717) is 11.2 Å². The molecule has 1 aliphatic rings. The molecule has 2 aromatic heterocycles. The number of nitrogens with zero attached hydrogens (tertiary/aromatic N) is 4. The van der Waals surface area contributed by atoms with Gasteiger partial charge in [0, 0.05) is 12.5 Å². The van der Waals surface area contributed by atoms with Gasteiger partial charge in [-0.2, -0.15) is 0 Å². The molecule has 22 heavy (non-hydrogen) atoms. The lowest BCUT2D eigenvalue weighted by Crippen LogP contribution is -2.46. The number of nitrogens with two attached hydrogens (primary N) is 1. The molecule has 0 radical (unpaired) electrons. The van der Waals surface area contributed by atoms with Crippen LogP contribution in [0.3, 0.4) is 0 Å². The van der Waals surface area contributed by atoms with Gasteiger partial charge in [0.05, 0.1) is 6.33 Å². The van der Waals surface area contributed by atoms with Crippen LogP contribution >= 0.6 is 0 Å². The minimum absolute atomic E-state index is 0.174. The molecule has 0 aromatic carbocycles. The van der Waals surface area contributed by atoms with Crippen LogP contribution in [0.4, 0.5) is 5.82 Å². The van der Waals surface area contributed by atoms with Crippen molar-refractivity contribution < 1.29 is 20.1 Å². The Labute approximate surface area is 126 Å². The van der Waals surface area contributed by atoms with Crippen LogP contribution < -0.4 is 5.73 Å². The number of imidazole rings is 1. The molecule has 0 aliphatic carbocycles. The van der Waals surface area contributed by atoms with Crippen molar-refractivity contribution in [2.45, 2.75) is 37.9 Å². The third kappa shape index (κ3) is 1.97. The van der Waals surface area contributed by atoms with Crippen LogP contribution in [0.2, 0.25) is 0 Å². The first kappa shape index (κ1) is 15.1. The Morgan fingerprint density at radius 2 is 2.14 bits per heavy atom. The Morgan fingerprint density at radius 1 is 1.41 bits per heavy atom. The van der Waals surface area contributed by atoms with Gasteiger partial charge >= 0.3 is 0 Å². The molecule has 9 nitrogen and oxygen atoms in total. The van der Waals surface area contributed by atoms with Crippen LogP contribution in [0.25, 0.3) is 11.2 Å². The zero-order chi connectivity index (χ0) is 16.1. The number of aliphatic hydroxyl groups excluding tert-OH is 3. The monoisotopic (exact) mass is 309 g/mol. The topological polar surface area (TPSA) is 140 Å². The summed E-state index contributed by atoms with van der Waals surface area (Å²) in [5.74, 6) is -0.139. The number of aliphatic hydroxyl groups is 3. The number of ether oxygens (including phenoxy) is 1. The molecular weight excluding hydrogens is 290 g/mol. The summed E-state index contributed by atoms with van der Waals surface area (Å²) in [7, 11) is 0. The van der Waals surface area contributed by atoms with Gasteiger partial charge in [-0.1, -0.05) is 6.92 Å². The number of hydrogen-bond donors (Lipinski definition) is 4. The highest BCUT2D eigenvalue weighted by Crippen LogP contribution is 2.42. The predicted molar refractivity (Wildman–Crippen MR) is 76.5 cm³/mol. The van der Waals surface area contributed by atoms with E-state index in [1.54, 1.807) is 13.8 Å². The standard InChI is InChI=1S/C13H19N5O4/c1-6(3-19)13(2)9(21)8(20)12(22-13)18-5-17-7-10(14)15-4-16-11(7)18/h4-6,8-9,12,19-21H,3H2,1-2H3,(H2,14,15,16)/t6-,8?,9?,12?,13+/m1/s1. The quantitative estimate of drug-likeness (QED) is 0.569. The molecule has 0 amide bonds. The average molecular weight is 309 g/mol. The first-order valence-electron chi connectivity index (χ1n) is 6.98. The molecule has 1 aliphatic heterocycles. The Kier molecular flexibility index (Phi) is 3.52. The fourth-order valence-electron chi connectivity index (χ4n) is 2.76. The molecule has 3 rings (SSSR count). The van der Waals surface area contributed by atoms with Gasteiger partial charge in [0.2, 0.25) is 0 Å². The summed E-state index contributed by atoms with van der Waals surface area (Å²) < 4.78 is 7.39. The molecule has 1 saturated heterocycles. The van der Waals surface area contributed by atoms with Crippen molar-refractivity contribution in [3.8, 4) is 0 Å². The van der Waals surface area contributed by atoms with Crippen molar-refractivity contribution in [1.82, 2.24) is 19.5 Å². The fraction of sp³-hybridized carbons (Fsp3) is 0.615. The van der Waals surface area contributed by atoms with E-state index in [9.17, 15) is 15.3 Å². The third-order valence-corrected chi connectivity index (χ3v) is 4.49. The summed E-state index contributed by atoms with van der Waals surface area (Å²) in [6.07, 6.45) is -0.494. The predicted octanol–water partition coefficient (Wildman–Crippen LogP) is -0.954. The van der Waals surface area contributed by atoms with Gasteiger partial charge in [0.1, 0.15) is 29.7 Å². The molecule has 120 valence electrons. The number of rotatable bonds is 3. The first-order valence-corrected chi connectivity index (χ1v) is 6.98. The highest BCUT2D eigenvalue weighted by molar-refractivity contribution is 5.81. The minimum Gasteiger partial charge on any atom is -0.396 e. The number of aromatic nitrogens is 4. The number of anilines is 1. The van der Waals surface area contributed by atoms with Crippen LogP contribution in [0.15, 0.2) is 12.7 Å². The van der Waals surface area contributed by atoms with Crippen LogP contribution in [0.5, 0.6) is 0 Å². The second-order valence-electron chi connectivity index (χ2n) is 5.79. The Hall–Kier alpha value is -1.81. The van der Waals surface area contributed by atoms with E-state index < -0.39 is 24.0 Å². The van der Waals surface area contributed by atoms with Gasteiger partial charge < -0.3 is 25.8 Å². The maximum atomic E-state index is 10.4. The SMILES string of the molecule is C[C@H](CO)[C@]1(C)OC(n2cnc3c(N)ncnc32)C(O)C1O. The number of nitrogen functional groups attached to an aromatic ring is 1. The summed E-state index contributed by atoms with van der Waals surface area (Å²) >= 11 is 0. The Bertz CT molecular complexity index is 692. The maximum Gasteiger partial charge on any atom is 0.167 e. The van der Waals surface area contributed by atoms with Crippen molar-refractivity contribution in [2.24, 2.45) is 5.92 Å². The summed E-state index contributed by atoms with van der Waals surface area (Å²) in [5.41, 5.74) is 5.46. The van der Waals surface area contributed by atoms with Gasteiger partial charge in [0.15, 0.2) is 17.7 Å². The summed E-state index contributed by atoms with van der Waals surface area (Å²) in [5, 5.41) is 30.1. The van der Waals surface area contributed by atoms with Gasteiger partial charge in [-0.25, -0.2) is 15.0 Å². The lowest BCUT2D eigenvalue weighted by molar-refractivity contribution is -0.129. The average Bonchev–Trinajstić information content (AvgIpc) is 3.03. The van der Waals surface area contributed by atoms with E-state index in [4.69, 9.17) is 10.5 Å².